The fourth-order valence-corrected chi connectivity index (χ4v) is 2.08. The zero-order valence-corrected chi connectivity index (χ0v) is 11.8. The van der Waals surface area contributed by atoms with Gasteiger partial charge in [-0.05, 0) is 30.3 Å². The number of hydrogen-bond donors (Lipinski definition) is 1. The van der Waals surface area contributed by atoms with Crippen molar-refractivity contribution in [2.45, 2.75) is 0 Å². The lowest BCUT2D eigenvalue weighted by Crippen LogP contribution is -1.85. The van der Waals surface area contributed by atoms with Gasteiger partial charge in [-0.15, -0.1) is 0 Å². The molecule has 21 heavy (non-hydrogen) atoms. The monoisotopic (exact) mass is 302 g/mol. The quantitative estimate of drug-likeness (QED) is 0.797. The minimum Gasteiger partial charge on any atom is -0.507 e. The number of benzene rings is 2. The Morgan fingerprint density at radius 2 is 2.05 bits per heavy atom. The second-order valence-electron chi connectivity index (χ2n) is 4.32. The molecule has 0 spiro atoms. The highest BCUT2D eigenvalue weighted by molar-refractivity contribution is 6.30. The van der Waals surface area contributed by atoms with Gasteiger partial charge in [0.15, 0.2) is 0 Å². The lowest BCUT2D eigenvalue weighted by atomic mass is 10.2. The normalized spacial score (nSPS) is 10.6. The molecule has 0 saturated heterocycles. The first-order chi connectivity index (χ1) is 10.2. The predicted octanol–water partition coefficient (Wildman–Crippen LogP) is 3.77. The molecule has 106 valence electrons. The van der Waals surface area contributed by atoms with Crippen LogP contribution < -0.4 is 4.74 Å². The van der Waals surface area contributed by atoms with Crippen LogP contribution in [0.15, 0.2) is 47.0 Å². The van der Waals surface area contributed by atoms with Crippen LogP contribution in [0.1, 0.15) is 0 Å². The van der Waals surface area contributed by atoms with Crippen molar-refractivity contribution in [1.29, 1.82) is 0 Å². The molecule has 0 bridgehead atoms. The van der Waals surface area contributed by atoms with Crippen LogP contribution in [0.3, 0.4) is 0 Å². The average molecular weight is 303 g/mol. The van der Waals surface area contributed by atoms with E-state index in [2.05, 4.69) is 10.1 Å². The SMILES string of the molecule is COc1ccc(O)c(-c2nc(-c3cccc(Cl)c3)no2)c1. The Hall–Kier alpha value is -2.53. The highest BCUT2D eigenvalue weighted by Crippen LogP contribution is 2.32. The molecule has 0 radical (unpaired) electrons. The molecule has 5 nitrogen and oxygen atoms in total. The van der Waals surface area contributed by atoms with Gasteiger partial charge in [0.25, 0.3) is 5.89 Å². The van der Waals surface area contributed by atoms with Gasteiger partial charge in [-0.25, -0.2) is 0 Å². The summed E-state index contributed by atoms with van der Waals surface area (Å²) >= 11 is 5.94. The minimum absolute atomic E-state index is 0.0390. The van der Waals surface area contributed by atoms with Gasteiger partial charge in [-0.2, -0.15) is 4.98 Å². The van der Waals surface area contributed by atoms with Gasteiger partial charge in [-0.3, -0.25) is 0 Å². The fraction of sp³-hybridized carbons (Fsp3) is 0.0667. The molecule has 3 aromatic rings. The van der Waals surface area contributed by atoms with E-state index in [9.17, 15) is 5.11 Å². The zero-order valence-electron chi connectivity index (χ0n) is 11.1. The van der Waals surface area contributed by atoms with Crippen molar-refractivity contribution in [3.63, 3.8) is 0 Å². The number of halogens is 1. The summed E-state index contributed by atoms with van der Waals surface area (Å²) in [7, 11) is 1.54. The maximum absolute atomic E-state index is 9.90. The predicted molar refractivity (Wildman–Crippen MR) is 78.4 cm³/mol. The standard InChI is InChI=1S/C15H11ClN2O3/c1-20-11-5-6-13(19)12(8-11)15-17-14(18-21-15)9-3-2-4-10(16)7-9/h2-8,19H,1H3. The number of rotatable bonds is 3. The van der Waals surface area contributed by atoms with Crippen LogP contribution in [0.25, 0.3) is 22.8 Å². The number of methoxy groups -OCH3 is 1. The van der Waals surface area contributed by atoms with Crippen molar-refractivity contribution in [3.05, 3.63) is 47.5 Å². The van der Waals surface area contributed by atoms with Crippen molar-refractivity contribution in [3.8, 4) is 34.3 Å². The summed E-state index contributed by atoms with van der Waals surface area (Å²) in [4.78, 5) is 4.28. The second-order valence-corrected chi connectivity index (χ2v) is 4.75. The number of phenols is 1. The lowest BCUT2D eigenvalue weighted by Gasteiger charge is -2.02. The molecule has 1 aromatic heterocycles. The van der Waals surface area contributed by atoms with Crippen molar-refractivity contribution in [2.24, 2.45) is 0 Å². The van der Waals surface area contributed by atoms with Gasteiger partial charge in [0.05, 0.1) is 12.7 Å². The Morgan fingerprint density at radius 3 is 2.81 bits per heavy atom. The molecule has 0 unspecified atom stereocenters. The van der Waals surface area contributed by atoms with E-state index >= 15 is 0 Å². The topological polar surface area (TPSA) is 68.4 Å². The smallest absolute Gasteiger partial charge is 0.262 e. The van der Waals surface area contributed by atoms with E-state index in [0.29, 0.717) is 22.2 Å². The van der Waals surface area contributed by atoms with Gasteiger partial charge in [0.1, 0.15) is 11.5 Å². The molecule has 0 saturated carbocycles. The number of ether oxygens (including phenoxy) is 1. The molecule has 0 fully saturated rings. The summed E-state index contributed by atoms with van der Waals surface area (Å²) in [6, 6.07) is 11.9. The summed E-state index contributed by atoms with van der Waals surface area (Å²) in [6.07, 6.45) is 0. The lowest BCUT2D eigenvalue weighted by molar-refractivity contribution is 0.408. The molecule has 3 rings (SSSR count). The molecule has 0 aliphatic carbocycles. The molecule has 1 heterocycles. The number of aromatic nitrogens is 2. The largest absolute Gasteiger partial charge is 0.507 e. The Balaban J connectivity index is 2.02. The Kier molecular flexibility index (Phi) is 3.50. The van der Waals surface area contributed by atoms with Crippen molar-refractivity contribution in [1.82, 2.24) is 10.1 Å². The maximum Gasteiger partial charge on any atom is 0.262 e. The van der Waals surface area contributed by atoms with Crippen LogP contribution in [-0.4, -0.2) is 22.4 Å². The summed E-state index contributed by atoms with van der Waals surface area (Å²) in [5.74, 6) is 1.23. The van der Waals surface area contributed by atoms with Crippen molar-refractivity contribution in [2.75, 3.05) is 7.11 Å². The van der Waals surface area contributed by atoms with Crippen LogP contribution in [0, 0.1) is 0 Å². The fourth-order valence-electron chi connectivity index (χ4n) is 1.89. The van der Waals surface area contributed by atoms with Crippen LogP contribution in [0.4, 0.5) is 0 Å². The van der Waals surface area contributed by atoms with Gasteiger partial charge in [0.2, 0.25) is 5.82 Å². The summed E-state index contributed by atoms with van der Waals surface area (Å²) < 4.78 is 10.3. The third-order valence-electron chi connectivity index (χ3n) is 2.94. The van der Waals surface area contributed by atoms with E-state index in [4.69, 9.17) is 20.9 Å². The maximum atomic E-state index is 9.90. The number of nitrogens with zero attached hydrogens (tertiary/aromatic N) is 2. The van der Waals surface area contributed by atoms with Gasteiger partial charge >= 0.3 is 0 Å². The Bertz CT molecular complexity index is 786. The van der Waals surface area contributed by atoms with Crippen molar-refractivity contribution >= 4 is 11.6 Å². The van der Waals surface area contributed by atoms with Gasteiger partial charge in [0, 0.05) is 10.6 Å². The third kappa shape index (κ3) is 2.68. The van der Waals surface area contributed by atoms with Gasteiger partial charge < -0.3 is 14.4 Å². The minimum atomic E-state index is 0.0390. The zero-order chi connectivity index (χ0) is 14.8. The molecule has 6 heteroatoms. The Labute approximate surface area is 125 Å². The third-order valence-corrected chi connectivity index (χ3v) is 3.18. The number of hydrogen-bond acceptors (Lipinski definition) is 5. The molecular weight excluding hydrogens is 292 g/mol. The number of phenolic OH excluding ortho intramolecular Hbond substituents is 1. The molecule has 1 N–H and O–H groups in total. The van der Waals surface area contributed by atoms with Crippen LogP contribution in [0.5, 0.6) is 11.5 Å². The van der Waals surface area contributed by atoms with E-state index in [1.807, 2.05) is 6.07 Å². The average Bonchev–Trinajstić information content (AvgIpc) is 2.97. The molecule has 2 aromatic carbocycles. The second kappa shape index (κ2) is 5.46. The highest BCUT2D eigenvalue weighted by Gasteiger charge is 2.15. The van der Waals surface area contributed by atoms with Crippen molar-refractivity contribution < 1.29 is 14.4 Å². The van der Waals surface area contributed by atoms with E-state index in [-0.39, 0.29) is 11.6 Å². The van der Waals surface area contributed by atoms with E-state index in [1.165, 1.54) is 6.07 Å². The first-order valence-corrected chi connectivity index (χ1v) is 6.52. The first-order valence-electron chi connectivity index (χ1n) is 6.14. The van der Waals surface area contributed by atoms with E-state index in [1.54, 1.807) is 37.4 Å². The summed E-state index contributed by atoms with van der Waals surface area (Å²) in [6.45, 7) is 0. The Morgan fingerprint density at radius 1 is 1.19 bits per heavy atom. The highest BCUT2D eigenvalue weighted by atomic mass is 35.5. The van der Waals surface area contributed by atoms with Crippen LogP contribution in [-0.2, 0) is 0 Å². The number of aromatic hydroxyl groups is 1. The molecule has 0 aliphatic rings. The molecule has 0 aliphatic heterocycles. The first kappa shape index (κ1) is 13.5. The molecule has 0 amide bonds. The van der Waals surface area contributed by atoms with Crippen LogP contribution >= 0.6 is 11.6 Å². The molecule has 0 atom stereocenters. The molecular formula is C15H11ClN2O3. The van der Waals surface area contributed by atoms with E-state index < -0.39 is 0 Å². The van der Waals surface area contributed by atoms with Gasteiger partial charge in [-0.1, -0.05) is 28.9 Å². The van der Waals surface area contributed by atoms with E-state index in [0.717, 1.165) is 5.56 Å². The summed E-state index contributed by atoms with van der Waals surface area (Å²) in [5, 5.41) is 14.4. The van der Waals surface area contributed by atoms with Crippen LogP contribution in [0.2, 0.25) is 5.02 Å². The summed E-state index contributed by atoms with van der Waals surface area (Å²) in [5.41, 5.74) is 1.15.